The molecule has 0 radical (unpaired) electrons. The van der Waals surface area contributed by atoms with E-state index in [2.05, 4.69) is 5.10 Å². The molecular formula is C21H21N3O4. The Kier molecular flexibility index (Phi) is 5.54. The monoisotopic (exact) mass is 379 g/mol. The van der Waals surface area contributed by atoms with Crippen molar-refractivity contribution in [2.75, 3.05) is 0 Å². The zero-order chi connectivity index (χ0) is 20.3. The van der Waals surface area contributed by atoms with Gasteiger partial charge in [-0.1, -0.05) is 30.3 Å². The second-order valence-corrected chi connectivity index (χ2v) is 6.56. The molecule has 1 aromatic heterocycles. The van der Waals surface area contributed by atoms with E-state index in [-0.39, 0.29) is 12.1 Å². The van der Waals surface area contributed by atoms with Crippen LogP contribution in [0.25, 0.3) is 5.69 Å². The predicted molar refractivity (Wildman–Crippen MR) is 104 cm³/mol. The second kappa shape index (κ2) is 8.04. The van der Waals surface area contributed by atoms with Crippen molar-refractivity contribution in [3.05, 3.63) is 87.2 Å². The number of para-hydroxylation sites is 1. The molecule has 0 spiro atoms. The second-order valence-electron chi connectivity index (χ2n) is 6.56. The van der Waals surface area contributed by atoms with Crippen molar-refractivity contribution in [2.45, 2.75) is 33.3 Å². The van der Waals surface area contributed by atoms with E-state index < -0.39 is 17.0 Å². The molecule has 0 aliphatic carbocycles. The number of carbonyl (C=O) groups excluding carboxylic acids is 1. The lowest BCUT2D eigenvalue weighted by molar-refractivity contribution is -0.385. The van der Waals surface area contributed by atoms with E-state index in [9.17, 15) is 14.9 Å². The van der Waals surface area contributed by atoms with E-state index in [4.69, 9.17) is 4.74 Å². The summed E-state index contributed by atoms with van der Waals surface area (Å²) in [5.41, 5.74) is 3.94. The Morgan fingerprint density at radius 1 is 1.18 bits per heavy atom. The molecule has 0 saturated heterocycles. The van der Waals surface area contributed by atoms with Gasteiger partial charge >= 0.3 is 5.97 Å². The summed E-state index contributed by atoms with van der Waals surface area (Å²) in [5, 5.41) is 15.5. The number of aryl methyl sites for hydroxylation is 1. The molecule has 7 nitrogen and oxygen atoms in total. The normalized spacial score (nSPS) is 11.8. The Bertz CT molecular complexity index is 1010. The van der Waals surface area contributed by atoms with E-state index >= 15 is 0 Å². The van der Waals surface area contributed by atoms with Crippen LogP contribution in [-0.2, 0) is 16.0 Å². The Balaban J connectivity index is 1.74. The van der Waals surface area contributed by atoms with Crippen LogP contribution in [0.1, 0.15) is 35.5 Å². The minimum Gasteiger partial charge on any atom is -0.458 e. The fraction of sp³-hybridized carbons (Fsp3) is 0.238. The van der Waals surface area contributed by atoms with Crippen molar-refractivity contribution in [1.29, 1.82) is 0 Å². The van der Waals surface area contributed by atoms with Crippen molar-refractivity contribution < 1.29 is 14.5 Å². The van der Waals surface area contributed by atoms with Crippen LogP contribution >= 0.6 is 0 Å². The van der Waals surface area contributed by atoms with E-state index in [0.717, 1.165) is 22.6 Å². The number of nitrogens with zero attached hydrogens (tertiary/aromatic N) is 3. The average molecular weight is 379 g/mol. The SMILES string of the molecule is Cc1nn(-c2ccccc2)c(C)c1CC(=O)O[C@H](C)c1cccc([N+](=O)[O-])c1. The zero-order valence-corrected chi connectivity index (χ0v) is 16.0. The van der Waals surface area contributed by atoms with E-state index in [1.807, 2.05) is 48.9 Å². The molecule has 0 saturated carbocycles. The van der Waals surface area contributed by atoms with Crippen molar-refractivity contribution in [3.8, 4) is 5.69 Å². The zero-order valence-electron chi connectivity index (χ0n) is 16.0. The number of carbonyl (C=O) groups is 1. The minimum atomic E-state index is -0.586. The summed E-state index contributed by atoms with van der Waals surface area (Å²) in [5.74, 6) is -0.405. The minimum absolute atomic E-state index is 0.0313. The lowest BCUT2D eigenvalue weighted by atomic mass is 10.1. The molecule has 0 unspecified atom stereocenters. The number of nitro benzene ring substituents is 1. The molecular weight excluding hydrogens is 358 g/mol. The molecule has 7 heteroatoms. The van der Waals surface area contributed by atoms with Gasteiger partial charge in [-0.3, -0.25) is 14.9 Å². The predicted octanol–water partition coefficient (Wildman–Crippen LogP) is 4.24. The maximum atomic E-state index is 12.5. The molecule has 1 atom stereocenters. The van der Waals surface area contributed by atoms with Gasteiger partial charge in [-0.2, -0.15) is 5.10 Å². The average Bonchev–Trinajstić information content (AvgIpc) is 2.97. The number of ether oxygens (including phenoxy) is 1. The summed E-state index contributed by atoms with van der Waals surface area (Å²) < 4.78 is 7.31. The van der Waals surface area contributed by atoms with Gasteiger partial charge in [0, 0.05) is 23.4 Å². The van der Waals surface area contributed by atoms with Crippen molar-refractivity contribution in [1.82, 2.24) is 9.78 Å². The smallest absolute Gasteiger partial charge is 0.310 e. The Morgan fingerprint density at radius 3 is 2.57 bits per heavy atom. The third kappa shape index (κ3) is 4.09. The maximum absolute atomic E-state index is 12.5. The van der Waals surface area contributed by atoms with Gasteiger partial charge in [0.1, 0.15) is 6.10 Å². The lowest BCUT2D eigenvalue weighted by Crippen LogP contribution is -2.12. The van der Waals surface area contributed by atoms with E-state index in [1.165, 1.54) is 12.1 Å². The summed E-state index contributed by atoms with van der Waals surface area (Å²) in [7, 11) is 0. The van der Waals surface area contributed by atoms with Crippen LogP contribution in [-0.4, -0.2) is 20.7 Å². The number of esters is 1. The number of hydrogen-bond acceptors (Lipinski definition) is 5. The first-order valence-electron chi connectivity index (χ1n) is 8.91. The van der Waals surface area contributed by atoms with Crippen molar-refractivity contribution >= 4 is 11.7 Å². The molecule has 0 aliphatic rings. The number of hydrogen-bond donors (Lipinski definition) is 0. The summed E-state index contributed by atoms with van der Waals surface area (Å²) in [4.78, 5) is 22.9. The molecule has 3 rings (SSSR count). The fourth-order valence-corrected chi connectivity index (χ4v) is 3.09. The highest BCUT2D eigenvalue weighted by Crippen LogP contribution is 2.23. The van der Waals surface area contributed by atoms with Gasteiger partial charge in [0.15, 0.2) is 0 Å². The summed E-state index contributed by atoms with van der Waals surface area (Å²) in [6.45, 7) is 5.47. The molecule has 144 valence electrons. The summed E-state index contributed by atoms with van der Waals surface area (Å²) >= 11 is 0. The molecule has 28 heavy (non-hydrogen) atoms. The first-order chi connectivity index (χ1) is 13.4. The van der Waals surface area contributed by atoms with Gasteiger partial charge in [0.05, 0.1) is 22.7 Å². The van der Waals surface area contributed by atoms with Crippen molar-refractivity contribution in [3.63, 3.8) is 0 Å². The number of non-ortho nitro benzene ring substituents is 1. The maximum Gasteiger partial charge on any atom is 0.310 e. The standard InChI is InChI=1S/C21H21N3O4/c1-14-20(15(2)23(22-14)18-9-5-4-6-10-18)13-21(25)28-16(3)17-8-7-11-19(12-17)24(26)27/h4-12,16H,13H2,1-3H3/t16-/m1/s1. The van der Waals surface area contributed by atoms with Crippen LogP contribution in [0.3, 0.4) is 0 Å². The molecule has 0 aliphatic heterocycles. The van der Waals surface area contributed by atoms with Gasteiger partial charge < -0.3 is 4.74 Å². The van der Waals surface area contributed by atoms with E-state index in [1.54, 1.807) is 19.1 Å². The summed E-state index contributed by atoms with van der Waals surface area (Å²) in [6.07, 6.45) is -0.499. The quantitative estimate of drug-likeness (QED) is 0.363. The number of nitro groups is 1. The topological polar surface area (TPSA) is 87.3 Å². The van der Waals surface area contributed by atoms with Crippen molar-refractivity contribution in [2.24, 2.45) is 0 Å². The largest absolute Gasteiger partial charge is 0.458 e. The first-order valence-corrected chi connectivity index (χ1v) is 8.91. The molecule has 1 heterocycles. The highest BCUT2D eigenvalue weighted by atomic mass is 16.6. The highest BCUT2D eigenvalue weighted by molar-refractivity contribution is 5.73. The first kappa shape index (κ1) is 19.3. The van der Waals surface area contributed by atoms with Gasteiger partial charge in [-0.25, -0.2) is 4.68 Å². The molecule has 2 aromatic carbocycles. The third-order valence-corrected chi connectivity index (χ3v) is 4.62. The van der Waals surface area contributed by atoms with Crippen LogP contribution < -0.4 is 0 Å². The Morgan fingerprint density at radius 2 is 1.89 bits per heavy atom. The molecule has 0 bridgehead atoms. The van der Waals surface area contributed by atoms with Crippen LogP contribution in [0.4, 0.5) is 5.69 Å². The van der Waals surface area contributed by atoms with Crippen LogP contribution in [0.15, 0.2) is 54.6 Å². The Labute approximate surface area is 162 Å². The number of aromatic nitrogens is 2. The highest BCUT2D eigenvalue weighted by Gasteiger charge is 2.19. The van der Waals surface area contributed by atoms with Crippen LogP contribution in [0.5, 0.6) is 0 Å². The van der Waals surface area contributed by atoms with Gasteiger partial charge in [-0.15, -0.1) is 0 Å². The molecule has 0 fully saturated rings. The molecule has 0 amide bonds. The fourth-order valence-electron chi connectivity index (χ4n) is 3.09. The number of rotatable bonds is 6. The molecule has 3 aromatic rings. The third-order valence-electron chi connectivity index (χ3n) is 4.62. The molecule has 0 N–H and O–H groups in total. The Hall–Kier alpha value is -3.48. The van der Waals surface area contributed by atoms with Crippen LogP contribution in [0.2, 0.25) is 0 Å². The van der Waals surface area contributed by atoms with Gasteiger partial charge in [-0.05, 0) is 38.5 Å². The number of benzene rings is 2. The van der Waals surface area contributed by atoms with E-state index in [0.29, 0.717) is 5.56 Å². The lowest BCUT2D eigenvalue weighted by Gasteiger charge is -2.13. The van der Waals surface area contributed by atoms with Crippen LogP contribution in [0, 0.1) is 24.0 Å². The van der Waals surface area contributed by atoms with Gasteiger partial charge in [0.2, 0.25) is 0 Å². The summed E-state index contributed by atoms with van der Waals surface area (Å²) in [6, 6.07) is 15.8. The van der Waals surface area contributed by atoms with Gasteiger partial charge in [0.25, 0.3) is 5.69 Å².